The van der Waals surface area contributed by atoms with Crippen molar-refractivity contribution in [3.05, 3.63) is 60.0 Å². The smallest absolute Gasteiger partial charge is 0.311 e. The second-order valence-electron chi connectivity index (χ2n) is 5.76. The highest BCUT2D eigenvalue weighted by Crippen LogP contribution is 2.32. The lowest BCUT2D eigenvalue weighted by Crippen LogP contribution is -2.32. The molecule has 3 aromatic rings. The van der Waals surface area contributed by atoms with Crippen LogP contribution in [0.4, 0.5) is 0 Å². The molecule has 0 spiro atoms. The number of nitrogens with zero attached hydrogens (tertiary/aromatic N) is 3. The Kier molecular flexibility index (Phi) is 6.57. The summed E-state index contributed by atoms with van der Waals surface area (Å²) >= 11 is -1.92. The number of methoxy groups -OCH3 is 3. The summed E-state index contributed by atoms with van der Waals surface area (Å²) in [5, 5.41) is 4.14. The maximum atomic E-state index is 12.8. The van der Waals surface area contributed by atoms with Crippen LogP contribution in [0.25, 0.3) is 0 Å². The molecular formula is C19H20N4O5S. The number of hydrogen-bond donors (Lipinski definition) is 1. The van der Waals surface area contributed by atoms with Crippen LogP contribution >= 0.6 is 0 Å². The van der Waals surface area contributed by atoms with Gasteiger partial charge in [0.15, 0.2) is 11.5 Å². The first kappa shape index (κ1) is 20.5. The van der Waals surface area contributed by atoms with Crippen LogP contribution in [0.5, 0.6) is 17.4 Å². The molecular weight excluding hydrogens is 396 g/mol. The maximum absolute atomic E-state index is 12.8. The lowest BCUT2D eigenvalue weighted by atomic mass is 10.2. The van der Waals surface area contributed by atoms with Gasteiger partial charge in [0, 0.05) is 18.0 Å². The van der Waals surface area contributed by atoms with Crippen molar-refractivity contribution in [1.29, 1.82) is 0 Å². The number of rotatable bonds is 8. The Bertz CT molecular complexity index is 958. The third-order valence-corrected chi connectivity index (χ3v) is 5.15. The molecule has 1 unspecified atom stereocenters. The molecule has 9 nitrogen and oxygen atoms in total. The third kappa shape index (κ3) is 4.61. The Morgan fingerprint density at radius 1 is 1.10 bits per heavy atom. The summed E-state index contributed by atoms with van der Waals surface area (Å²) in [5.41, 5.74) is 0.813. The topological polar surface area (TPSA) is 111 Å². The van der Waals surface area contributed by atoms with Crippen LogP contribution in [0.15, 0.2) is 53.7 Å². The average Bonchev–Trinajstić information content (AvgIpc) is 3.26. The fourth-order valence-corrected chi connectivity index (χ4v) is 3.69. The first-order valence-electron chi connectivity index (χ1n) is 8.52. The van der Waals surface area contributed by atoms with Gasteiger partial charge in [-0.15, -0.1) is 0 Å². The predicted molar refractivity (Wildman–Crippen MR) is 106 cm³/mol. The van der Waals surface area contributed by atoms with Gasteiger partial charge in [-0.25, -0.2) is 4.98 Å². The van der Waals surface area contributed by atoms with Crippen molar-refractivity contribution in [3.8, 4) is 17.4 Å². The fourth-order valence-electron chi connectivity index (χ4n) is 2.65. The van der Waals surface area contributed by atoms with Crippen molar-refractivity contribution in [2.75, 3.05) is 21.3 Å². The predicted octanol–water partition coefficient (Wildman–Crippen LogP) is 1.80. The van der Waals surface area contributed by atoms with Crippen LogP contribution in [-0.2, 0) is 17.9 Å². The standard InChI is InChI=1S/C19H20N4O5S/c1-26-15-6-4-7-16(27-2)17(15)29(25)22-18(24)14-9-8-13(19(21-14)28-3)12-23-11-5-10-20-23/h4-11H,12H2,1-3H3,(H,22,24). The second kappa shape index (κ2) is 9.30. The molecule has 1 atom stereocenters. The van der Waals surface area contributed by atoms with E-state index < -0.39 is 17.3 Å². The minimum Gasteiger partial charge on any atom is -0.588 e. The minimum atomic E-state index is -1.92. The molecule has 1 N–H and O–H groups in total. The quantitative estimate of drug-likeness (QED) is 0.558. The number of pyridine rings is 1. The average molecular weight is 416 g/mol. The van der Waals surface area contributed by atoms with E-state index in [1.54, 1.807) is 35.1 Å². The molecule has 29 heavy (non-hydrogen) atoms. The van der Waals surface area contributed by atoms with Gasteiger partial charge in [0.1, 0.15) is 17.1 Å². The zero-order valence-electron chi connectivity index (χ0n) is 16.1. The minimum absolute atomic E-state index is 0.0632. The molecule has 2 heterocycles. The summed E-state index contributed by atoms with van der Waals surface area (Å²) < 4.78 is 32.7. The van der Waals surface area contributed by atoms with E-state index in [1.165, 1.54) is 27.4 Å². The van der Waals surface area contributed by atoms with Crippen molar-refractivity contribution in [3.63, 3.8) is 0 Å². The summed E-state index contributed by atoms with van der Waals surface area (Å²) in [6, 6.07) is 10.0. The van der Waals surface area contributed by atoms with Gasteiger partial charge in [0.2, 0.25) is 5.88 Å². The number of benzene rings is 1. The summed E-state index contributed by atoms with van der Waals surface area (Å²) in [6.07, 6.45) is 3.48. The van der Waals surface area contributed by atoms with Gasteiger partial charge < -0.3 is 18.8 Å². The SMILES string of the molecule is COc1cccc(OC)c1[S+]([O-])NC(=O)c1ccc(Cn2cccn2)c(OC)n1. The lowest BCUT2D eigenvalue weighted by molar-refractivity contribution is 0.0975. The summed E-state index contributed by atoms with van der Waals surface area (Å²) in [4.78, 5) is 17.1. The number of nitrogens with one attached hydrogen (secondary N) is 1. The van der Waals surface area contributed by atoms with Gasteiger partial charge in [0.25, 0.3) is 4.90 Å². The van der Waals surface area contributed by atoms with E-state index in [4.69, 9.17) is 14.2 Å². The molecule has 0 aliphatic carbocycles. The van der Waals surface area contributed by atoms with Crippen molar-refractivity contribution >= 4 is 17.3 Å². The van der Waals surface area contributed by atoms with Crippen LogP contribution in [0, 0.1) is 0 Å². The van der Waals surface area contributed by atoms with E-state index >= 15 is 0 Å². The summed E-state index contributed by atoms with van der Waals surface area (Å²) in [6.45, 7) is 0.440. The van der Waals surface area contributed by atoms with E-state index in [0.29, 0.717) is 18.0 Å². The third-order valence-electron chi connectivity index (χ3n) is 4.01. The number of carbonyl (C=O) groups excluding carboxylic acids is 1. The van der Waals surface area contributed by atoms with Crippen molar-refractivity contribution in [2.45, 2.75) is 11.4 Å². The van der Waals surface area contributed by atoms with Gasteiger partial charge in [-0.2, -0.15) is 9.82 Å². The molecule has 0 fully saturated rings. The molecule has 0 saturated carbocycles. The van der Waals surface area contributed by atoms with Crippen molar-refractivity contribution in [1.82, 2.24) is 19.5 Å². The molecule has 152 valence electrons. The normalized spacial score (nSPS) is 11.6. The maximum Gasteiger partial charge on any atom is 0.311 e. The zero-order valence-corrected chi connectivity index (χ0v) is 16.9. The van der Waals surface area contributed by atoms with Gasteiger partial charge in [-0.05, 0) is 30.3 Å². The van der Waals surface area contributed by atoms with Gasteiger partial charge >= 0.3 is 5.91 Å². The van der Waals surface area contributed by atoms with Crippen LogP contribution < -0.4 is 18.9 Å². The van der Waals surface area contributed by atoms with E-state index in [0.717, 1.165) is 5.56 Å². The molecule has 0 aliphatic rings. The number of ether oxygens (including phenoxy) is 3. The number of carbonyl (C=O) groups is 1. The Hall–Kier alpha value is -3.24. The Morgan fingerprint density at radius 2 is 1.83 bits per heavy atom. The van der Waals surface area contributed by atoms with E-state index in [9.17, 15) is 9.35 Å². The van der Waals surface area contributed by atoms with Crippen LogP contribution in [-0.4, -0.2) is 46.6 Å². The molecule has 0 bridgehead atoms. The Labute approximate surface area is 170 Å². The van der Waals surface area contributed by atoms with Gasteiger partial charge in [0.05, 0.1) is 27.9 Å². The highest BCUT2D eigenvalue weighted by Gasteiger charge is 2.27. The number of aromatic nitrogens is 3. The highest BCUT2D eigenvalue weighted by atomic mass is 32.2. The number of hydrogen-bond acceptors (Lipinski definition) is 7. The first-order chi connectivity index (χ1) is 14.1. The van der Waals surface area contributed by atoms with Crippen molar-refractivity contribution in [2.24, 2.45) is 0 Å². The zero-order chi connectivity index (χ0) is 20.8. The van der Waals surface area contributed by atoms with Crippen LogP contribution in [0.1, 0.15) is 16.1 Å². The molecule has 10 heteroatoms. The molecule has 0 radical (unpaired) electrons. The first-order valence-corrected chi connectivity index (χ1v) is 9.67. The molecule has 1 aromatic carbocycles. The van der Waals surface area contributed by atoms with Gasteiger partial charge in [-0.1, -0.05) is 6.07 Å². The Morgan fingerprint density at radius 3 is 2.41 bits per heavy atom. The summed E-state index contributed by atoms with van der Waals surface area (Å²) in [5.74, 6) is 0.334. The molecule has 2 aromatic heterocycles. The largest absolute Gasteiger partial charge is 0.588 e. The second-order valence-corrected chi connectivity index (χ2v) is 6.91. The van der Waals surface area contributed by atoms with Crippen molar-refractivity contribution < 1.29 is 23.6 Å². The monoisotopic (exact) mass is 416 g/mol. The van der Waals surface area contributed by atoms with Crippen LogP contribution in [0.2, 0.25) is 0 Å². The highest BCUT2D eigenvalue weighted by molar-refractivity contribution is 7.90. The van der Waals surface area contributed by atoms with Crippen LogP contribution in [0.3, 0.4) is 0 Å². The number of amides is 1. The van der Waals surface area contributed by atoms with E-state index in [-0.39, 0.29) is 16.5 Å². The summed E-state index contributed by atoms with van der Waals surface area (Å²) in [7, 11) is 4.36. The molecule has 1 amide bonds. The van der Waals surface area contributed by atoms with E-state index in [2.05, 4.69) is 14.8 Å². The Balaban J connectivity index is 1.80. The lowest BCUT2D eigenvalue weighted by Gasteiger charge is -2.15. The molecule has 3 rings (SSSR count). The van der Waals surface area contributed by atoms with E-state index in [1.807, 2.05) is 12.3 Å². The molecule has 0 aliphatic heterocycles. The molecule has 0 saturated heterocycles. The van der Waals surface area contributed by atoms with Gasteiger partial charge in [-0.3, -0.25) is 9.48 Å². The fraction of sp³-hybridized carbons (Fsp3) is 0.211.